The monoisotopic (exact) mass is 423 g/mol. The van der Waals surface area contributed by atoms with Crippen LogP contribution in [0.3, 0.4) is 0 Å². The summed E-state index contributed by atoms with van der Waals surface area (Å²) in [7, 11) is 3.15. The summed E-state index contributed by atoms with van der Waals surface area (Å²) in [5.74, 6) is 0.442. The van der Waals surface area contributed by atoms with Gasteiger partial charge in [0, 0.05) is 6.54 Å². The molecule has 1 heterocycles. The molecule has 31 heavy (non-hydrogen) atoms. The van der Waals surface area contributed by atoms with Gasteiger partial charge in [-0.15, -0.1) is 0 Å². The van der Waals surface area contributed by atoms with Crippen LogP contribution in [-0.2, 0) is 17.6 Å². The second kappa shape index (κ2) is 8.76. The molecule has 6 heteroatoms. The minimum Gasteiger partial charge on any atom is -0.493 e. The third-order valence-corrected chi connectivity index (χ3v) is 5.65. The second-order valence-electron chi connectivity index (χ2n) is 7.50. The zero-order valence-electron chi connectivity index (χ0n) is 17.4. The number of carbonyl (C=O) groups excluding carboxylic acids is 1. The number of fused-ring (bicyclic) bond motifs is 1. The molecule has 3 aromatic rings. The Labute approximate surface area is 180 Å². The Hall–Kier alpha value is -3.41. The molecule has 1 aliphatic rings. The molecule has 0 aromatic heterocycles. The Bertz CT molecular complexity index is 1080. The fourth-order valence-corrected chi connectivity index (χ4v) is 4.10. The minimum absolute atomic E-state index is 0.0821. The fraction of sp³-hybridized carbons (Fsp3) is 0.240. The van der Waals surface area contributed by atoms with Crippen molar-refractivity contribution in [2.75, 3.05) is 20.8 Å². The maximum Gasteiger partial charge on any atom is 0.227 e. The van der Waals surface area contributed by atoms with E-state index >= 15 is 0 Å². The van der Waals surface area contributed by atoms with Crippen LogP contribution in [0.25, 0.3) is 0 Å². The largest absolute Gasteiger partial charge is 0.493 e. The first-order valence-electron chi connectivity index (χ1n) is 10.0. The summed E-state index contributed by atoms with van der Waals surface area (Å²) in [6.07, 6.45) is 0.809. The van der Waals surface area contributed by atoms with Crippen molar-refractivity contribution in [1.82, 2.24) is 4.90 Å². The van der Waals surface area contributed by atoms with E-state index < -0.39 is 6.04 Å². The zero-order valence-corrected chi connectivity index (χ0v) is 17.4. The van der Waals surface area contributed by atoms with E-state index in [1.54, 1.807) is 43.4 Å². The number of hydrogen-bond donors (Lipinski definition) is 0. The number of hydrogen-bond acceptors (Lipinski definition) is 3. The Kier molecular flexibility index (Phi) is 5.89. The molecule has 3 aromatic carbocycles. The smallest absolute Gasteiger partial charge is 0.227 e. The van der Waals surface area contributed by atoms with Crippen LogP contribution in [0.15, 0.2) is 60.7 Å². The summed E-state index contributed by atoms with van der Waals surface area (Å²) in [6, 6.07) is 15.6. The number of ether oxygens (including phenoxy) is 2. The van der Waals surface area contributed by atoms with Crippen LogP contribution in [-0.4, -0.2) is 31.6 Å². The lowest BCUT2D eigenvalue weighted by atomic mass is 9.87. The molecular formula is C25H23F2NO3. The average molecular weight is 423 g/mol. The molecule has 0 N–H and O–H groups in total. The van der Waals surface area contributed by atoms with Crippen LogP contribution >= 0.6 is 0 Å². The summed E-state index contributed by atoms with van der Waals surface area (Å²) in [4.78, 5) is 15.1. The van der Waals surface area contributed by atoms with Gasteiger partial charge in [-0.3, -0.25) is 4.79 Å². The topological polar surface area (TPSA) is 38.8 Å². The third kappa shape index (κ3) is 4.24. The van der Waals surface area contributed by atoms with Crippen LogP contribution < -0.4 is 9.47 Å². The van der Waals surface area contributed by atoms with Crippen molar-refractivity contribution in [2.45, 2.75) is 18.9 Å². The summed E-state index contributed by atoms with van der Waals surface area (Å²) in [5.41, 5.74) is 3.52. The van der Waals surface area contributed by atoms with Crippen molar-refractivity contribution in [3.8, 4) is 11.5 Å². The van der Waals surface area contributed by atoms with Crippen LogP contribution in [0.4, 0.5) is 8.78 Å². The minimum atomic E-state index is -0.392. The van der Waals surface area contributed by atoms with Gasteiger partial charge in [-0.1, -0.05) is 24.3 Å². The quantitative estimate of drug-likeness (QED) is 0.597. The molecule has 1 aliphatic heterocycles. The third-order valence-electron chi connectivity index (χ3n) is 5.65. The molecule has 0 spiro atoms. The molecule has 0 bridgehead atoms. The highest BCUT2D eigenvalue weighted by atomic mass is 19.1. The molecule has 4 rings (SSSR count). The highest BCUT2D eigenvalue weighted by Gasteiger charge is 2.33. The van der Waals surface area contributed by atoms with E-state index in [2.05, 4.69) is 0 Å². The lowest BCUT2D eigenvalue weighted by molar-refractivity contribution is -0.132. The number of rotatable bonds is 5. The van der Waals surface area contributed by atoms with Crippen molar-refractivity contribution >= 4 is 5.91 Å². The van der Waals surface area contributed by atoms with E-state index in [-0.39, 0.29) is 24.0 Å². The predicted octanol–water partition coefficient (Wildman–Crippen LogP) is 4.70. The predicted molar refractivity (Wildman–Crippen MR) is 113 cm³/mol. The summed E-state index contributed by atoms with van der Waals surface area (Å²) < 4.78 is 37.8. The molecule has 0 radical (unpaired) electrons. The van der Waals surface area contributed by atoms with Gasteiger partial charge in [-0.25, -0.2) is 8.78 Å². The van der Waals surface area contributed by atoms with E-state index in [9.17, 15) is 13.6 Å². The number of halogens is 2. The van der Waals surface area contributed by atoms with Gasteiger partial charge in [0.1, 0.15) is 11.6 Å². The van der Waals surface area contributed by atoms with Crippen LogP contribution in [0.2, 0.25) is 0 Å². The van der Waals surface area contributed by atoms with E-state index in [1.807, 2.05) is 12.1 Å². The number of nitrogens with zero attached hydrogens (tertiary/aromatic N) is 1. The number of amides is 1. The van der Waals surface area contributed by atoms with Crippen molar-refractivity contribution < 1.29 is 23.0 Å². The Morgan fingerprint density at radius 3 is 2.13 bits per heavy atom. The summed E-state index contributed by atoms with van der Waals surface area (Å²) in [6.45, 7) is 0.505. The molecule has 4 nitrogen and oxygen atoms in total. The lowest BCUT2D eigenvalue weighted by Crippen LogP contribution is -2.41. The number of methoxy groups -OCH3 is 2. The lowest BCUT2D eigenvalue weighted by Gasteiger charge is -2.38. The number of benzene rings is 3. The van der Waals surface area contributed by atoms with Gasteiger partial charge >= 0.3 is 0 Å². The van der Waals surface area contributed by atoms with Crippen molar-refractivity contribution in [3.63, 3.8) is 0 Å². The van der Waals surface area contributed by atoms with Crippen molar-refractivity contribution in [3.05, 3.63) is 94.6 Å². The molecule has 0 saturated carbocycles. The second-order valence-corrected chi connectivity index (χ2v) is 7.50. The Balaban J connectivity index is 1.75. The molecule has 0 aliphatic carbocycles. The molecule has 0 saturated heterocycles. The van der Waals surface area contributed by atoms with Gasteiger partial charge in [-0.2, -0.15) is 0 Å². The molecular weight excluding hydrogens is 400 g/mol. The van der Waals surface area contributed by atoms with Crippen LogP contribution in [0.5, 0.6) is 11.5 Å². The normalized spacial score (nSPS) is 15.4. The molecule has 1 amide bonds. The first-order chi connectivity index (χ1) is 15.0. The van der Waals surface area contributed by atoms with Crippen molar-refractivity contribution in [2.24, 2.45) is 0 Å². The van der Waals surface area contributed by atoms with Crippen LogP contribution in [0, 0.1) is 11.6 Å². The van der Waals surface area contributed by atoms with E-state index in [4.69, 9.17) is 9.47 Å². The van der Waals surface area contributed by atoms with Gasteiger partial charge in [0.25, 0.3) is 0 Å². The molecule has 160 valence electrons. The molecule has 1 atom stereocenters. The van der Waals surface area contributed by atoms with E-state index in [0.717, 1.165) is 22.3 Å². The van der Waals surface area contributed by atoms with Gasteiger partial charge in [0.05, 0.1) is 26.7 Å². The molecule has 0 fully saturated rings. The maximum absolute atomic E-state index is 13.6. The standard InChI is InChI=1S/C25H23F2NO3/c1-30-22-14-18-11-12-28(24(29)13-16-3-7-19(26)8-4-16)25(21(18)15-23(22)31-2)17-5-9-20(27)10-6-17/h3-10,14-15,25H,11-13H2,1-2H3/t25-/m1/s1. The maximum atomic E-state index is 13.6. The van der Waals surface area contributed by atoms with Gasteiger partial charge in [0.15, 0.2) is 11.5 Å². The SMILES string of the molecule is COc1cc2c(cc1OC)[C@@H](c1ccc(F)cc1)N(C(=O)Cc1ccc(F)cc1)CC2. The first-order valence-corrected chi connectivity index (χ1v) is 10.0. The number of carbonyl (C=O) groups is 1. The average Bonchev–Trinajstić information content (AvgIpc) is 2.79. The Morgan fingerprint density at radius 2 is 1.52 bits per heavy atom. The van der Waals surface area contributed by atoms with Gasteiger partial charge in [0.2, 0.25) is 5.91 Å². The van der Waals surface area contributed by atoms with Crippen molar-refractivity contribution in [1.29, 1.82) is 0 Å². The summed E-state index contributed by atoms with van der Waals surface area (Å²) in [5, 5.41) is 0. The van der Waals surface area contributed by atoms with E-state index in [1.165, 1.54) is 24.3 Å². The summed E-state index contributed by atoms with van der Waals surface area (Å²) >= 11 is 0. The molecule has 0 unspecified atom stereocenters. The highest BCUT2D eigenvalue weighted by molar-refractivity contribution is 5.80. The van der Waals surface area contributed by atoms with Gasteiger partial charge < -0.3 is 14.4 Å². The Morgan fingerprint density at radius 1 is 0.935 bits per heavy atom. The zero-order chi connectivity index (χ0) is 22.0. The van der Waals surface area contributed by atoms with Crippen LogP contribution in [0.1, 0.15) is 28.3 Å². The van der Waals surface area contributed by atoms with Gasteiger partial charge in [-0.05, 0) is 65.1 Å². The fourth-order valence-electron chi connectivity index (χ4n) is 4.10. The highest BCUT2D eigenvalue weighted by Crippen LogP contribution is 2.41. The van der Waals surface area contributed by atoms with E-state index in [0.29, 0.717) is 24.5 Å². The first kappa shape index (κ1) is 20.8.